The lowest BCUT2D eigenvalue weighted by Crippen LogP contribution is -2.30. The molecule has 11 heteroatoms. The van der Waals surface area contributed by atoms with Gasteiger partial charge in [0, 0.05) is 48.5 Å². The van der Waals surface area contributed by atoms with E-state index in [9.17, 15) is 14.7 Å². The molecule has 3 aromatic rings. The predicted molar refractivity (Wildman–Crippen MR) is 108 cm³/mol. The van der Waals surface area contributed by atoms with Crippen molar-refractivity contribution in [3.63, 3.8) is 0 Å². The number of piperidine rings is 1. The molecule has 158 valence electrons. The van der Waals surface area contributed by atoms with Crippen LogP contribution in [0.5, 0.6) is 0 Å². The smallest absolute Gasteiger partial charge is 0.275 e. The van der Waals surface area contributed by atoms with E-state index < -0.39 is 11.9 Å². The van der Waals surface area contributed by atoms with Gasteiger partial charge in [-0.15, -0.1) is 0 Å². The van der Waals surface area contributed by atoms with Gasteiger partial charge in [-0.05, 0) is 19.3 Å². The summed E-state index contributed by atoms with van der Waals surface area (Å²) in [7, 11) is 0. The fourth-order valence-corrected chi connectivity index (χ4v) is 3.89. The molecule has 31 heavy (non-hydrogen) atoms. The number of anilines is 2. The molecule has 3 aromatic heterocycles. The second-order valence-electron chi connectivity index (χ2n) is 7.71. The molecule has 0 radical (unpaired) electrons. The first-order chi connectivity index (χ1) is 15.0. The zero-order valence-electron chi connectivity index (χ0n) is 16.7. The number of aliphatic hydroxyl groups excluding tert-OH is 1. The minimum Gasteiger partial charge on any atom is -0.394 e. The first-order valence-electron chi connectivity index (χ1n) is 9.92. The normalized spacial score (nSPS) is 20.5. The Bertz CT molecular complexity index is 1150. The van der Waals surface area contributed by atoms with E-state index in [1.807, 2.05) is 6.92 Å². The van der Waals surface area contributed by atoms with E-state index in [0.29, 0.717) is 35.4 Å². The van der Waals surface area contributed by atoms with Gasteiger partial charge in [0.05, 0.1) is 24.7 Å². The van der Waals surface area contributed by atoms with Crippen molar-refractivity contribution in [2.45, 2.75) is 19.4 Å². The quantitative estimate of drug-likeness (QED) is 0.591. The lowest BCUT2D eigenvalue weighted by Gasteiger charge is -2.20. The van der Waals surface area contributed by atoms with Crippen molar-refractivity contribution in [1.82, 2.24) is 29.7 Å². The van der Waals surface area contributed by atoms with Gasteiger partial charge in [-0.25, -0.2) is 15.0 Å². The van der Waals surface area contributed by atoms with Crippen LogP contribution in [0.3, 0.4) is 0 Å². The number of aryl methyl sites for hydroxylation is 1. The Morgan fingerprint density at radius 3 is 2.84 bits per heavy atom. The molecular weight excluding hydrogens is 400 g/mol. The Balaban J connectivity index is 1.34. The number of aliphatic hydroxyl groups is 1. The molecule has 0 bridgehead atoms. The van der Waals surface area contributed by atoms with Gasteiger partial charge < -0.3 is 10.4 Å². The van der Waals surface area contributed by atoms with Crippen molar-refractivity contribution in [2.75, 3.05) is 23.4 Å². The fourth-order valence-electron chi connectivity index (χ4n) is 3.89. The third kappa shape index (κ3) is 3.52. The molecule has 5 rings (SSSR count). The van der Waals surface area contributed by atoms with E-state index in [1.54, 1.807) is 17.3 Å². The maximum absolute atomic E-state index is 12.3. The van der Waals surface area contributed by atoms with Crippen LogP contribution < -0.4 is 10.2 Å². The van der Waals surface area contributed by atoms with Crippen LogP contribution in [-0.4, -0.2) is 59.8 Å². The maximum atomic E-state index is 12.3. The van der Waals surface area contributed by atoms with E-state index in [-0.39, 0.29) is 24.1 Å². The molecule has 2 N–H and O–H groups in total. The van der Waals surface area contributed by atoms with Gasteiger partial charge >= 0.3 is 0 Å². The number of hydrogen-bond acceptors (Lipinski definition) is 8. The summed E-state index contributed by atoms with van der Waals surface area (Å²) in [5, 5.41) is 17.0. The Morgan fingerprint density at radius 1 is 1.29 bits per heavy atom. The van der Waals surface area contributed by atoms with Crippen LogP contribution >= 0.6 is 0 Å². The highest BCUT2D eigenvalue weighted by Crippen LogP contribution is 2.46. The second kappa shape index (κ2) is 7.51. The van der Waals surface area contributed by atoms with Crippen molar-refractivity contribution in [3.05, 3.63) is 54.1 Å². The van der Waals surface area contributed by atoms with E-state index in [4.69, 9.17) is 0 Å². The number of carbonyl (C=O) groups is 2. The summed E-state index contributed by atoms with van der Waals surface area (Å²) in [6.45, 7) is 2.24. The number of carbonyl (C=O) groups excluding carboxylic acids is 2. The van der Waals surface area contributed by atoms with Crippen molar-refractivity contribution in [2.24, 2.45) is 11.8 Å². The van der Waals surface area contributed by atoms with E-state index in [0.717, 1.165) is 6.42 Å². The molecule has 1 aliphatic carbocycles. The molecule has 11 nitrogen and oxygen atoms in total. The summed E-state index contributed by atoms with van der Waals surface area (Å²) in [6, 6.07) is -0.543. The first-order valence-corrected chi connectivity index (χ1v) is 9.92. The van der Waals surface area contributed by atoms with E-state index in [2.05, 4.69) is 30.4 Å². The standard InChI is InChI=1S/C20H20N8O3/c1-11-15(6-23-20(25-11)27-8-12-4-14(12)19(27)31)17(10-29)28-9-13(5-24-28)26-18(30)16-7-21-2-3-22-16/h2-3,5-7,9,12,14,17,29H,4,8,10H2,1H3,(H,26,30)/t12-,14-,17+/m0/s1. The highest BCUT2D eigenvalue weighted by atomic mass is 16.3. The minimum atomic E-state index is -0.543. The summed E-state index contributed by atoms with van der Waals surface area (Å²) in [6.07, 6.45) is 9.97. The Hall–Kier alpha value is -3.73. The molecule has 2 fully saturated rings. The zero-order valence-corrected chi connectivity index (χ0v) is 16.7. The van der Waals surface area contributed by atoms with E-state index in [1.165, 1.54) is 29.5 Å². The minimum absolute atomic E-state index is 0.0893. The van der Waals surface area contributed by atoms with Gasteiger partial charge in [0.2, 0.25) is 11.9 Å². The Kier molecular flexibility index (Phi) is 4.66. The molecule has 0 aromatic carbocycles. The summed E-state index contributed by atoms with van der Waals surface area (Å²) in [4.78, 5) is 42.9. The van der Waals surface area contributed by atoms with Crippen LogP contribution in [0.25, 0.3) is 0 Å². The fraction of sp³-hybridized carbons (Fsp3) is 0.350. The topological polar surface area (TPSA) is 139 Å². The molecule has 1 aliphatic heterocycles. The summed E-state index contributed by atoms with van der Waals surface area (Å²) >= 11 is 0. The van der Waals surface area contributed by atoms with Crippen LogP contribution in [0.1, 0.15) is 34.2 Å². The average Bonchev–Trinajstić information content (AvgIpc) is 3.29. The monoisotopic (exact) mass is 420 g/mol. The number of nitrogens with zero attached hydrogens (tertiary/aromatic N) is 7. The second-order valence-corrected chi connectivity index (χ2v) is 7.71. The molecule has 3 atom stereocenters. The number of aromatic nitrogens is 6. The van der Waals surface area contributed by atoms with Gasteiger partial charge in [-0.3, -0.25) is 24.2 Å². The number of hydrogen-bond donors (Lipinski definition) is 2. The Labute approximate surface area is 177 Å². The molecule has 1 saturated carbocycles. The third-order valence-corrected chi connectivity index (χ3v) is 5.68. The molecule has 2 amide bonds. The summed E-state index contributed by atoms with van der Waals surface area (Å²) < 4.78 is 1.54. The van der Waals surface area contributed by atoms with Crippen molar-refractivity contribution in [3.8, 4) is 0 Å². The van der Waals surface area contributed by atoms with Crippen LogP contribution in [0.4, 0.5) is 11.6 Å². The van der Waals surface area contributed by atoms with Gasteiger partial charge in [-0.1, -0.05) is 0 Å². The highest BCUT2D eigenvalue weighted by molar-refractivity contribution is 6.02. The maximum Gasteiger partial charge on any atom is 0.275 e. The molecule has 1 saturated heterocycles. The van der Waals surface area contributed by atoms with Crippen molar-refractivity contribution in [1.29, 1.82) is 0 Å². The van der Waals surface area contributed by atoms with E-state index >= 15 is 0 Å². The van der Waals surface area contributed by atoms with Gasteiger partial charge in [0.1, 0.15) is 11.7 Å². The average molecular weight is 420 g/mol. The number of nitrogens with one attached hydrogen (secondary N) is 1. The number of amides is 2. The SMILES string of the molecule is Cc1nc(N2C[C@@H]3C[C@@H]3C2=O)ncc1[C@@H](CO)n1cc(NC(=O)c2cnccn2)cn1. The van der Waals surface area contributed by atoms with Crippen LogP contribution in [-0.2, 0) is 4.79 Å². The lowest BCUT2D eigenvalue weighted by atomic mass is 10.1. The molecule has 4 heterocycles. The molecule has 0 spiro atoms. The van der Waals surface area contributed by atoms with Crippen molar-refractivity contribution >= 4 is 23.5 Å². The van der Waals surface area contributed by atoms with Crippen LogP contribution in [0.2, 0.25) is 0 Å². The molecule has 0 unspecified atom stereocenters. The van der Waals surface area contributed by atoms with Gasteiger partial charge in [0.25, 0.3) is 5.91 Å². The van der Waals surface area contributed by atoms with Crippen LogP contribution in [0.15, 0.2) is 37.2 Å². The molecular formula is C20H20N8O3. The van der Waals surface area contributed by atoms with Gasteiger partial charge in [0.15, 0.2) is 0 Å². The highest BCUT2D eigenvalue weighted by Gasteiger charge is 2.53. The largest absolute Gasteiger partial charge is 0.394 e. The summed E-state index contributed by atoms with van der Waals surface area (Å²) in [5.74, 6) is 0.638. The third-order valence-electron chi connectivity index (χ3n) is 5.68. The molecule has 2 aliphatic rings. The predicted octanol–water partition coefficient (Wildman–Crippen LogP) is 0.588. The zero-order chi connectivity index (χ0) is 21.5. The summed E-state index contributed by atoms with van der Waals surface area (Å²) in [5.41, 5.74) is 1.96. The first kappa shape index (κ1) is 19.2. The Morgan fingerprint density at radius 2 is 2.16 bits per heavy atom. The number of rotatable bonds is 6. The van der Waals surface area contributed by atoms with Gasteiger partial charge in [-0.2, -0.15) is 5.10 Å². The number of fused-ring (bicyclic) bond motifs is 1. The van der Waals surface area contributed by atoms with Crippen LogP contribution in [0, 0.1) is 18.8 Å². The van der Waals surface area contributed by atoms with Crippen molar-refractivity contribution < 1.29 is 14.7 Å². The lowest BCUT2D eigenvalue weighted by molar-refractivity contribution is -0.118.